The fourth-order valence-corrected chi connectivity index (χ4v) is 2.08. The molecule has 0 saturated heterocycles. The number of H-pyrrole nitrogens is 1. The van der Waals surface area contributed by atoms with Crippen molar-refractivity contribution in [2.45, 2.75) is 19.8 Å². The van der Waals surface area contributed by atoms with Crippen molar-refractivity contribution in [2.75, 3.05) is 19.0 Å². The smallest absolute Gasteiger partial charge is 0.407 e. The van der Waals surface area contributed by atoms with E-state index in [1.807, 2.05) is 12.1 Å². The van der Waals surface area contributed by atoms with Crippen molar-refractivity contribution < 1.29 is 14.3 Å². The number of carbonyl (C=O) groups excluding carboxylic acids is 2. The largest absolute Gasteiger partial charge is 0.453 e. The summed E-state index contributed by atoms with van der Waals surface area (Å²) in [5.41, 5.74) is 3.09. The summed E-state index contributed by atoms with van der Waals surface area (Å²) in [5.74, 6) is 0.0149. The fraction of sp³-hybridized carbons (Fsp3) is 0.312. The van der Waals surface area contributed by atoms with Crippen LogP contribution >= 0.6 is 0 Å². The van der Waals surface area contributed by atoms with Gasteiger partial charge in [0.05, 0.1) is 12.8 Å². The molecule has 0 atom stereocenters. The van der Waals surface area contributed by atoms with Crippen LogP contribution in [0.15, 0.2) is 30.3 Å². The fourth-order valence-electron chi connectivity index (χ4n) is 2.08. The van der Waals surface area contributed by atoms with E-state index in [2.05, 4.69) is 44.6 Å². The molecule has 7 nitrogen and oxygen atoms in total. The lowest BCUT2D eigenvalue weighted by Gasteiger charge is -2.03. The molecular formula is C16H20N4O3. The normalized spacial score (nSPS) is 10.2. The summed E-state index contributed by atoms with van der Waals surface area (Å²) in [7, 11) is 1.24. The van der Waals surface area contributed by atoms with E-state index in [0.29, 0.717) is 5.82 Å². The first-order valence-corrected chi connectivity index (χ1v) is 7.38. The molecule has 0 aliphatic rings. The van der Waals surface area contributed by atoms with Crippen molar-refractivity contribution in [3.05, 3.63) is 35.9 Å². The number of benzene rings is 1. The van der Waals surface area contributed by atoms with Crippen LogP contribution < -0.4 is 10.6 Å². The molecule has 7 heteroatoms. The summed E-state index contributed by atoms with van der Waals surface area (Å²) in [5, 5.41) is 11.8. The molecule has 1 aromatic carbocycles. The Kier molecular flexibility index (Phi) is 5.74. The monoisotopic (exact) mass is 316 g/mol. The number of hydrogen-bond donors (Lipinski definition) is 3. The molecule has 2 aromatic rings. The minimum atomic E-state index is -0.657. The van der Waals surface area contributed by atoms with Crippen LogP contribution in [0.5, 0.6) is 0 Å². The van der Waals surface area contributed by atoms with Gasteiger partial charge in [-0.25, -0.2) is 4.79 Å². The Morgan fingerprint density at radius 3 is 2.65 bits per heavy atom. The van der Waals surface area contributed by atoms with E-state index in [1.54, 1.807) is 6.07 Å². The lowest BCUT2D eigenvalue weighted by molar-refractivity contribution is -0.115. The van der Waals surface area contributed by atoms with Crippen LogP contribution in [-0.4, -0.2) is 35.9 Å². The van der Waals surface area contributed by atoms with Gasteiger partial charge in [0, 0.05) is 6.07 Å². The number of methoxy groups -OCH3 is 1. The number of aromatic amines is 1. The highest BCUT2D eigenvalue weighted by atomic mass is 16.5. The Balaban J connectivity index is 1.94. The highest BCUT2D eigenvalue weighted by molar-refractivity contribution is 5.93. The second-order valence-electron chi connectivity index (χ2n) is 5.01. The molecule has 0 fully saturated rings. The third-order valence-electron chi connectivity index (χ3n) is 3.23. The van der Waals surface area contributed by atoms with Crippen molar-refractivity contribution in [1.29, 1.82) is 0 Å². The van der Waals surface area contributed by atoms with Crippen LogP contribution in [0.3, 0.4) is 0 Å². The molecule has 3 N–H and O–H groups in total. The van der Waals surface area contributed by atoms with Gasteiger partial charge < -0.3 is 15.4 Å². The van der Waals surface area contributed by atoms with Gasteiger partial charge >= 0.3 is 6.09 Å². The van der Waals surface area contributed by atoms with E-state index in [0.717, 1.165) is 24.1 Å². The summed E-state index contributed by atoms with van der Waals surface area (Å²) in [6, 6.07) is 9.94. The SMILES string of the molecule is CCCc1ccc(-c2cc(NC(=O)CNC(=O)OC)n[nH]2)cc1. The number of nitrogens with one attached hydrogen (secondary N) is 3. The maximum absolute atomic E-state index is 11.7. The van der Waals surface area contributed by atoms with Crippen molar-refractivity contribution in [3.63, 3.8) is 0 Å². The molecule has 0 aliphatic carbocycles. The average Bonchev–Trinajstić information content (AvgIpc) is 3.02. The maximum Gasteiger partial charge on any atom is 0.407 e. The predicted octanol–water partition coefficient (Wildman–Crippen LogP) is 2.32. The summed E-state index contributed by atoms with van der Waals surface area (Å²) in [6.45, 7) is 1.97. The van der Waals surface area contributed by atoms with Crippen LogP contribution in [0.2, 0.25) is 0 Å². The zero-order valence-electron chi connectivity index (χ0n) is 13.2. The molecule has 0 bridgehead atoms. The van der Waals surface area contributed by atoms with Crippen LogP contribution in [0.1, 0.15) is 18.9 Å². The van der Waals surface area contributed by atoms with E-state index >= 15 is 0 Å². The highest BCUT2D eigenvalue weighted by Gasteiger charge is 2.09. The zero-order chi connectivity index (χ0) is 16.7. The van der Waals surface area contributed by atoms with E-state index < -0.39 is 6.09 Å². The molecule has 0 saturated carbocycles. The highest BCUT2D eigenvalue weighted by Crippen LogP contribution is 2.20. The van der Waals surface area contributed by atoms with Crippen molar-refractivity contribution >= 4 is 17.8 Å². The molecule has 0 radical (unpaired) electrons. The Hall–Kier alpha value is -2.83. The lowest BCUT2D eigenvalue weighted by atomic mass is 10.1. The van der Waals surface area contributed by atoms with E-state index in [-0.39, 0.29) is 12.5 Å². The van der Waals surface area contributed by atoms with Gasteiger partial charge in [0.25, 0.3) is 0 Å². The van der Waals surface area contributed by atoms with Crippen LogP contribution in [0, 0.1) is 0 Å². The minimum absolute atomic E-state index is 0.180. The number of alkyl carbamates (subject to hydrolysis) is 1. The Morgan fingerprint density at radius 2 is 2.00 bits per heavy atom. The summed E-state index contributed by atoms with van der Waals surface area (Å²) >= 11 is 0. The second kappa shape index (κ2) is 7.98. The van der Waals surface area contributed by atoms with Crippen molar-refractivity contribution in [1.82, 2.24) is 15.5 Å². The standard InChI is InChI=1S/C16H20N4O3/c1-3-4-11-5-7-12(8-6-11)13-9-14(20-19-13)18-15(21)10-17-16(22)23-2/h5-9H,3-4,10H2,1-2H3,(H,17,22)(H2,18,19,20,21). The minimum Gasteiger partial charge on any atom is -0.453 e. The van der Waals surface area contributed by atoms with Gasteiger partial charge in [-0.1, -0.05) is 37.6 Å². The number of carbonyl (C=O) groups is 2. The molecule has 0 aliphatic heterocycles. The summed E-state index contributed by atoms with van der Waals surface area (Å²) < 4.78 is 4.39. The van der Waals surface area contributed by atoms with Gasteiger partial charge in [-0.15, -0.1) is 0 Å². The van der Waals surface area contributed by atoms with E-state index in [9.17, 15) is 9.59 Å². The summed E-state index contributed by atoms with van der Waals surface area (Å²) in [6.07, 6.45) is 1.51. The molecule has 0 spiro atoms. The van der Waals surface area contributed by atoms with E-state index in [1.165, 1.54) is 12.7 Å². The number of aryl methyl sites for hydroxylation is 1. The van der Waals surface area contributed by atoms with Gasteiger partial charge in [0.1, 0.15) is 6.54 Å². The number of amides is 2. The van der Waals surface area contributed by atoms with Gasteiger partial charge in [0.2, 0.25) is 5.91 Å². The molecule has 122 valence electrons. The Bertz CT molecular complexity index is 664. The van der Waals surface area contributed by atoms with Crippen molar-refractivity contribution in [3.8, 4) is 11.3 Å². The first-order chi connectivity index (χ1) is 11.1. The Labute approximate surface area is 134 Å². The predicted molar refractivity (Wildman–Crippen MR) is 87.1 cm³/mol. The van der Waals surface area contributed by atoms with Gasteiger partial charge in [-0.05, 0) is 17.5 Å². The van der Waals surface area contributed by atoms with Crippen molar-refractivity contribution in [2.24, 2.45) is 0 Å². The molecule has 23 heavy (non-hydrogen) atoms. The second-order valence-corrected chi connectivity index (χ2v) is 5.01. The quantitative estimate of drug-likeness (QED) is 0.762. The first kappa shape index (κ1) is 16.5. The van der Waals surface area contributed by atoms with Crippen LogP contribution in [0.4, 0.5) is 10.6 Å². The first-order valence-electron chi connectivity index (χ1n) is 7.38. The van der Waals surface area contributed by atoms with Gasteiger partial charge in [0.15, 0.2) is 5.82 Å². The zero-order valence-corrected chi connectivity index (χ0v) is 13.2. The number of ether oxygens (including phenoxy) is 1. The molecule has 1 aromatic heterocycles. The lowest BCUT2D eigenvalue weighted by Crippen LogP contribution is -2.32. The molecule has 2 amide bonds. The number of rotatable bonds is 6. The average molecular weight is 316 g/mol. The number of aromatic nitrogens is 2. The number of nitrogens with zero attached hydrogens (tertiary/aromatic N) is 1. The number of anilines is 1. The van der Waals surface area contributed by atoms with E-state index in [4.69, 9.17) is 0 Å². The molecule has 2 rings (SSSR count). The van der Waals surface area contributed by atoms with Gasteiger partial charge in [-0.3, -0.25) is 9.89 Å². The summed E-state index contributed by atoms with van der Waals surface area (Å²) in [4.78, 5) is 22.6. The van der Waals surface area contributed by atoms with Crippen LogP contribution in [-0.2, 0) is 16.0 Å². The topological polar surface area (TPSA) is 96.1 Å². The maximum atomic E-state index is 11.7. The van der Waals surface area contributed by atoms with Gasteiger partial charge in [-0.2, -0.15) is 5.10 Å². The van der Waals surface area contributed by atoms with Crippen LogP contribution in [0.25, 0.3) is 11.3 Å². The molecule has 1 heterocycles. The third-order valence-corrected chi connectivity index (χ3v) is 3.23. The third kappa shape index (κ3) is 4.84. The Morgan fingerprint density at radius 1 is 1.26 bits per heavy atom. The molecule has 0 unspecified atom stereocenters. The molecular weight excluding hydrogens is 296 g/mol. The number of hydrogen-bond acceptors (Lipinski definition) is 4.